The van der Waals surface area contributed by atoms with E-state index in [9.17, 15) is 10.2 Å². The van der Waals surface area contributed by atoms with Gasteiger partial charge in [-0.3, -0.25) is 0 Å². The Morgan fingerprint density at radius 3 is 1.08 bits per heavy atom. The Hall–Kier alpha value is -5.74. The monoisotopic (exact) mass is 628 g/mol. The first-order valence-corrected chi connectivity index (χ1v) is 16.5. The second kappa shape index (κ2) is 10.9. The number of phenols is 2. The molecule has 4 heteroatoms. The van der Waals surface area contributed by atoms with Crippen molar-refractivity contribution in [3.05, 3.63) is 119 Å². The molecule has 0 aliphatic heterocycles. The molecule has 2 heterocycles. The summed E-state index contributed by atoms with van der Waals surface area (Å²) in [4.78, 5) is 0. The number of hydrogen-bond donors (Lipinski definition) is 2. The molecule has 236 valence electrons. The highest BCUT2D eigenvalue weighted by molar-refractivity contribution is 6.18. The van der Waals surface area contributed by atoms with Crippen LogP contribution in [-0.2, 0) is 0 Å². The van der Waals surface area contributed by atoms with Crippen molar-refractivity contribution in [1.82, 2.24) is 0 Å². The lowest BCUT2D eigenvalue weighted by molar-refractivity contribution is 0.474. The summed E-state index contributed by atoms with van der Waals surface area (Å²) in [5.41, 5.74) is 12.1. The second-order valence-electron chi connectivity index (χ2n) is 12.8. The standard InChI is InChI=1S/C42H30O4.C2H6/c1-21-9-31(43)10-22(2)41(21)27-7-5-25-15-33-35-19-40-36(20-39(35)45-37(33)17-29(25)13-27)34-16-26-6-8-28(14-30(26)18-38(34)46-40)42-23(3)11-32(44)12-24(42)4;1-2/h5-20,43-44H,1-4H3;1-2H3. The van der Waals surface area contributed by atoms with E-state index >= 15 is 0 Å². The Kier molecular flexibility index (Phi) is 6.74. The van der Waals surface area contributed by atoms with Crippen molar-refractivity contribution in [2.75, 3.05) is 0 Å². The lowest BCUT2D eigenvalue weighted by Gasteiger charge is -2.12. The van der Waals surface area contributed by atoms with Gasteiger partial charge < -0.3 is 19.0 Å². The average Bonchev–Trinajstić information content (AvgIpc) is 3.57. The van der Waals surface area contributed by atoms with Crippen LogP contribution in [0.15, 0.2) is 106 Å². The van der Waals surface area contributed by atoms with Crippen LogP contribution < -0.4 is 0 Å². The normalized spacial score (nSPS) is 11.7. The van der Waals surface area contributed by atoms with Crippen molar-refractivity contribution in [2.45, 2.75) is 41.5 Å². The molecule has 48 heavy (non-hydrogen) atoms. The maximum atomic E-state index is 10.0. The number of phenolic OH excluding ortho intramolecular Hbond substituents is 2. The van der Waals surface area contributed by atoms with Crippen LogP contribution in [0.25, 0.3) is 87.7 Å². The van der Waals surface area contributed by atoms with Gasteiger partial charge in [-0.25, -0.2) is 0 Å². The van der Waals surface area contributed by atoms with E-state index in [1.54, 1.807) is 0 Å². The van der Waals surface area contributed by atoms with E-state index in [-0.39, 0.29) is 0 Å². The van der Waals surface area contributed by atoms with Gasteiger partial charge in [0.25, 0.3) is 0 Å². The van der Waals surface area contributed by atoms with Crippen LogP contribution >= 0.6 is 0 Å². The van der Waals surface area contributed by atoms with E-state index < -0.39 is 0 Å². The summed E-state index contributed by atoms with van der Waals surface area (Å²) < 4.78 is 13.0. The fourth-order valence-corrected chi connectivity index (χ4v) is 7.63. The first-order valence-electron chi connectivity index (χ1n) is 16.5. The van der Waals surface area contributed by atoms with Crippen molar-refractivity contribution in [3.63, 3.8) is 0 Å². The van der Waals surface area contributed by atoms with Gasteiger partial charge in [0.1, 0.15) is 33.8 Å². The summed E-state index contributed by atoms with van der Waals surface area (Å²) in [7, 11) is 0. The predicted molar refractivity (Wildman–Crippen MR) is 201 cm³/mol. The van der Waals surface area contributed by atoms with E-state index in [1.165, 1.54) is 0 Å². The molecule has 0 aliphatic carbocycles. The molecule has 9 aromatic rings. The lowest BCUT2D eigenvalue weighted by Crippen LogP contribution is -1.88. The summed E-state index contributed by atoms with van der Waals surface area (Å²) in [5, 5.41) is 28.7. The number of rotatable bonds is 2. The van der Waals surface area contributed by atoms with Gasteiger partial charge in [-0.1, -0.05) is 38.1 Å². The topological polar surface area (TPSA) is 66.7 Å². The molecular formula is C44H36O4. The van der Waals surface area contributed by atoms with Gasteiger partial charge in [0.05, 0.1) is 0 Å². The fraction of sp³-hybridized carbons (Fsp3) is 0.136. The largest absolute Gasteiger partial charge is 0.508 e. The molecule has 0 saturated carbocycles. The van der Waals surface area contributed by atoms with Gasteiger partial charge >= 0.3 is 0 Å². The molecule has 0 fully saturated rings. The number of fused-ring (bicyclic) bond motifs is 8. The molecule has 0 radical (unpaired) electrons. The van der Waals surface area contributed by atoms with E-state index in [0.29, 0.717) is 11.5 Å². The van der Waals surface area contributed by atoms with E-state index in [2.05, 4.69) is 72.8 Å². The molecular weight excluding hydrogens is 592 g/mol. The van der Waals surface area contributed by atoms with Crippen molar-refractivity contribution in [1.29, 1.82) is 0 Å². The zero-order valence-corrected chi connectivity index (χ0v) is 27.9. The smallest absolute Gasteiger partial charge is 0.136 e. The van der Waals surface area contributed by atoms with Crippen LogP contribution in [0.5, 0.6) is 11.5 Å². The van der Waals surface area contributed by atoms with Crippen LogP contribution in [0.3, 0.4) is 0 Å². The fourth-order valence-electron chi connectivity index (χ4n) is 7.63. The summed E-state index contributed by atoms with van der Waals surface area (Å²) in [6, 6.07) is 33.2. The molecule has 0 spiro atoms. The zero-order chi connectivity index (χ0) is 33.4. The second-order valence-corrected chi connectivity index (χ2v) is 12.8. The molecule has 0 bridgehead atoms. The van der Waals surface area contributed by atoms with Crippen molar-refractivity contribution in [3.8, 4) is 33.8 Å². The predicted octanol–water partition coefficient (Wildman–Crippen LogP) is 12.8. The number of furan rings is 2. The highest BCUT2D eigenvalue weighted by atomic mass is 16.3. The molecule has 4 nitrogen and oxygen atoms in total. The molecule has 2 aromatic heterocycles. The first kappa shape index (κ1) is 29.6. The highest BCUT2D eigenvalue weighted by Crippen LogP contribution is 2.41. The lowest BCUT2D eigenvalue weighted by atomic mass is 9.93. The molecule has 0 aliphatic rings. The van der Waals surface area contributed by atoms with Gasteiger partial charge in [0.2, 0.25) is 0 Å². The van der Waals surface area contributed by atoms with Gasteiger partial charge in [-0.15, -0.1) is 0 Å². The first-order chi connectivity index (χ1) is 23.2. The van der Waals surface area contributed by atoms with E-state index in [4.69, 9.17) is 8.83 Å². The van der Waals surface area contributed by atoms with Crippen LogP contribution in [0.1, 0.15) is 36.1 Å². The van der Waals surface area contributed by atoms with Gasteiger partial charge in [-0.05, 0) is 167 Å². The van der Waals surface area contributed by atoms with Gasteiger partial charge in [-0.2, -0.15) is 0 Å². The van der Waals surface area contributed by atoms with Crippen LogP contribution in [-0.4, -0.2) is 10.2 Å². The average molecular weight is 629 g/mol. The summed E-state index contributed by atoms with van der Waals surface area (Å²) in [6.45, 7) is 12.1. The minimum Gasteiger partial charge on any atom is -0.508 e. The molecule has 0 saturated heterocycles. The Balaban J connectivity index is 0.00000165. The Morgan fingerprint density at radius 1 is 0.375 bits per heavy atom. The summed E-state index contributed by atoms with van der Waals surface area (Å²) in [5.74, 6) is 0.584. The van der Waals surface area contributed by atoms with Crippen molar-refractivity contribution < 1.29 is 19.0 Å². The Labute approximate surface area is 278 Å². The van der Waals surface area contributed by atoms with E-state index in [0.717, 1.165) is 110 Å². The number of benzene rings is 7. The number of aryl methyl sites for hydroxylation is 4. The maximum Gasteiger partial charge on any atom is 0.136 e. The van der Waals surface area contributed by atoms with Crippen molar-refractivity contribution >= 4 is 65.4 Å². The molecule has 0 amide bonds. The maximum absolute atomic E-state index is 10.0. The van der Waals surface area contributed by atoms with E-state index in [1.807, 2.05) is 65.8 Å². The molecule has 9 rings (SSSR count). The minimum atomic E-state index is 0.292. The molecule has 0 unspecified atom stereocenters. The number of hydrogen-bond acceptors (Lipinski definition) is 4. The van der Waals surface area contributed by atoms with Crippen LogP contribution in [0.4, 0.5) is 0 Å². The molecule has 0 atom stereocenters. The Morgan fingerprint density at radius 2 is 0.708 bits per heavy atom. The molecule has 2 N–H and O–H groups in total. The van der Waals surface area contributed by atoms with Crippen LogP contribution in [0, 0.1) is 27.7 Å². The quantitative estimate of drug-likeness (QED) is 0.200. The zero-order valence-electron chi connectivity index (χ0n) is 27.9. The molecule has 7 aromatic carbocycles. The minimum absolute atomic E-state index is 0.292. The van der Waals surface area contributed by atoms with Gasteiger partial charge in [0.15, 0.2) is 0 Å². The SMILES string of the molecule is CC.Cc1cc(O)cc(C)c1-c1ccc2cc3c(cc2c1)oc1cc2c(cc13)oc1cc3cc(-c4c(C)cc(O)cc4C)ccc3cc12. The van der Waals surface area contributed by atoms with Gasteiger partial charge in [0, 0.05) is 21.5 Å². The Bertz CT molecular complexity index is 2520. The van der Waals surface area contributed by atoms with Crippen molar-refractivity contribution in [2.24, 2.45) is 0 Å². The third-order valence-electron chi connectivity index (χ3n) is 9.59. The highest BCUT2D eigenvalue weighted by Gasteiger charge is 2.17. The third kappa shape index (κ3) is 4.59. The van der Waals surface area contributed by atoms with Crippen LogP contribution in [0.2, 0.25) is 0 Å². The third-order valence-corrected chi connectivity index (χ3v) is 9.59. The number of aromatic hydroxyl groups is 2. The summed E-state index contributed by atoms with van der Waals surface area (Å²) in [6.07, 6.45) is 0. The summed E-state index contributed by atoms with van der Waals surface area (Å²) >= 11 is 0.